The summed E-state index contributed by atoms with van der Waals surface area (Å²) in [5.41, 5.74) is 1.79. The average molecular weight is 429 g/mol. The molecule has 0 spiro atoms. The smallest absolute Gasteiger partial charge is 0.228 e. The Hall–Kier alpha value is -2.38. The molecule has 0 radical (unpaired) electrons. The van der Waals surface area contributed by atoms with Crippen LogP contribution in [0.2, 0.25) is 0 Å². The molecule has 6 nitrogen and oxygen atoms in total. The molecule has 2 amide bonds. The molecule has 4 rings (SSSR count). The van der Waals surface area contributed by atoms with E-state index < -0.39 is 0 Å². The van der Waals surface area contributed by atoms with Crippen LogP contribution < -0.4 is 9.64 Å². The normalized spacial score (nSPS) is 21.3. The van der Waals surface area contributed by atoms with Crippen molar-refractivity contribution in [2.24, 2.45) is 5.92 Å². The van der Waals surface area contributed by atoms with Crippen LogP contribution in [0.15, 0.2) is 35.7 Å². The summed E-state index contributed by atoms with van der Waals surface area (Å²) < 4.78 is 11.2. The van der Waals surface area contributed by atoms with Crippen LogP contribution in [0.5, 0.6) is 5.75 Å². The first-order valence-electron chi connectivity index (χ1n) is 10.4. The maximum absolute atomic E-state index is 13.5. The van der Waals surface area contributed by atoms with Gasteiger partial charge >= 0.3 is 0 Å². The zero-order chi connectivity index (χ0) is 21.1. The molecule has 0 aliphatic carbocycles. The number of aryl methyl sites for hydroxylation is 1. The topological polar surface area (TPSA) is 59.1 Å². The van der Waals surface area contributed by atoms with Crippen LogP contribution in [0.25, 0.3) is 0 Å². The molecular weight excluding hydrogens is 400 g/mol. The Kier molecular flexibility index (Phi) is 6.39. The van der Waals surface area contributed by atoms with Gasteiger partial charge in [-0.25, -0.2) is 0 Å². The minimum absolute atomic E-state index is 0.0290. The molecule has 2 fully saturated rings. The second kappa shape index (κ2) is 9.18. The molecule has 2 aliphatic rings. The van der Waals surface area contributed by atoms with Gasteiger partial charge in [-0.1, -0.05) is 12.1 Å². The average Bonchev–Trinajstić information content (AvgIpc) is 3.49. The fourth-order valence-corrected chi connectivity index (χ4v) is 4.95. The van der Waals surface area contributed by atoms with Gasteiger partial charge in [0.25, 0.3) is 0 Å². The Balaban J connectivity index is 1.52. The van der Waals surface area contributed by atoms with Crippen molar-refractivity contribution in [3.63, 3.8) is 0 Å². The van der Waals surface area contributed by atoms with Gasteiger partial charge in [0.05, 0.1) is 31.4 Å². The van der Waals surface area contributed by atoms with Gasteiger partial charge in [0.1, 0.15) is 5.75 Å². The molecule has 2 aliphatic heterocycles. The van der Waals surface area contributed by atoms with Gasteiger partial charge in [-0.2, -0.15) is 0 Å². The Labute approximate surface area is 181 Å². The summed E-state index contributed by atoms with van der Waals surface area (Å²) in [6.45, 7) is 4.26. The van der Waals surface area contributed by atoms with Crippen LogP contribution in [0.3, 0.4) is 0 Å². The molecular formula is C23H28N2O4S. The lowest BCUT2D eigenvalue weighted by Gasteiger charge is -2.27. The summed E-state index contributed by atoms with van der Waals surface area (Å²) in [6, 6.07) is 9.81. The van der Waals surface area contributed by atoms with E-state index in [1.165, 1.54) is 0 Å². The van der Waals surface area contributed by atoms with Gasteiger partial charge < -0.3 is 19.3 Å². The minimum Gasteiger partial charge on any atom is -0.495 e. The maximum Gasteiger partial charge on any atom is 0.228 e. The van der Waals surface area contributed by atoms with E-state index in [1.807, 2.05) is 47.5 Å². The molecule has 0 bridgehead atoms. The number of methoxy groups -OCH3 is 1. The van der Waals surface area contributed by atoms with E-state index in [-0.39, 0.29) is 30.3 Å². The van der Waals surface area contributed by atoms with Crippen LogP contribution in [0, 0.1) is 12.8 Å². The fraction of sp³-hybridized carbons (Fsp3) is 0.478. The van der Waals surface area contributed by atoms with E-state index in [2.05, 4.69) is 0 Å². The molecule has 160 valence electrons. The van der Waals surface area contributed by atoms with E-state index in [1.54, 1.807) is 23.3 Å². The predicted molar refractivity (Wildman–Crippen MR) is 117 cm³/mol. The van der Waals surface area contributed by atoms with Crippen molar-refractivity contribution in [3.05, 3.63) is 46.2 Å². The van der Waals surface area contributed by atoms with E-state index >= 15 is 0 Å². The van der Waals surface area contributed by atoms with E-state index in [4.69, 9.17) is 9.47 Å². The van der Waals surface area contributed by atoms with Crippen LogP contribution in [0.4, 0.5) is 5.69 Å². The number of ether oxygens (including phenoxy) is 2. The zero-order valence-corrected chi connectivity index (χ0v) is 18.3. The lowest BCUT2D eigenvalue weighted by molar-refractivity contribution is -0.138. The first kappa shape index (κ1) is 20.9. The molecule has 7 heteroatoms. The quantitative estimate of drug-likeness (QED) is 0.676. The number of thiophene rings is 1. The van der Waals surface area contributed by atoms with Crippen molar-refractivity contribution in [1.29, 1.82) is 0 Å². The summed E-state index contributed by atoms with van der Waals surface area (Å²) in [7, 11) is 1.60. The largest absolute Gasteiger partial charge is 0.495 e. The van der Waals surface area contributed by atoms with Crippen molar-refractivity contribution in [2.45, 2.75) is 38.8 Å². The lowest BCUT2D eigenvalue weighted by Crippen LogP contribution is -2.41. The van der Waals surface area contributed by atoms with Gasteiger partial charge in [-0.3, -0.25) is 9.59 Å². The highest BCUT2D eigenvalue weighted by molar-refractivity contribution is 7.09. The van der Waals surface area contributed by atoms with E-state index in [9.17, 15) is 9.59 Å². The summed E-state index contributed by atoms with van der Waals surface area (Å²) in [4.78, 5) is 31.0. The lowest BCUT2D eigenvalue weighted by atomic mass is 10.1. The van der Waals surface area contributed by atoms with Crippen LogP contribution >= 0.6 is 11.3 Å². The number of carbonyl (C=O) groups excluding carboxylic acids is 2. The highest BCUT2D eigenvalue weighted by Crippen LogP contribution is 2.34. The summed E-state index contributed by atoms with van der Waals surface area (Å²) in [6.07, 6.45) is 2.32. The Morgan fingerprint density at radius 2 is 2.23 bits per heavy atom. The fourth-order valence-electron chi connectivity index (χ4n) is 4.23. The van der Waals surface area contributed by atoms with Gasteiger partial charge in [0, 0.05) is 31.0 Å². The molecule has 1 aromatic carbocycles. The van der Waals surface area contributed by atoms with Crippen molar-refractivity contribution >= 4 is 28.8 Å². The summed E-state index contributed by atoms with van der Waals surface area (Å²) in [5.74, 6) is 0.285. The number of benzene rings is 1. The molecule has 2 aromatic rings. The first-order chi connectivity index (χ1) is 14.5. The van der Waals surface area contributed by atoms with Gasteiger partial charge in [0.15, 0.2) is 0 Å². The van der Waals surface area contributed by atoms with Crippen molar-refractivity contribution in [1.82, 2.24) is 4.90 Å². The van der Waals surface area contributed by atoms with Gasteiger partial charge in [-0.15, -0.1) is 11.3 Å². The van der Waals surface area contributed by atoms with Gasteiger partial charge in [0.2, 0.25) is 11.8 Å². The number of nitrogens with zero attached hydrogens (tertiary/aromatic N) is 2. The molecule has 2 unspecified atom stereocenters. The van der Waals surface area contributed by atoms with E-state index in [0.717, 1.165) is 35.6 Å². The molecule has 1 aromatic heterocycles. The predicted octanol–water partition coefficient (Wildman–Crippen LogP) is 3.63. The van der Waals surface area contributed by atoms with Crippen LogP contribution in [-0.4, -0.2) is 49.6 Å². The number of hydrogen-bond acceptors (Lipinski definition) is 5. The highest BCUT2D eigenvalue weighted by Gasteiger charge is 2.39. The first-order valence-corrected chi connectivity index (χ1v) is 11.3. The highest BCUT2D eigenvalue weighted by atomic mass is 32.1. The van der Waals surface area contributed by atoms with E-state index in [0.29, 0.717) is 25.4 Å². The number of amides is 2. The Morgan fingerprint density at radius 1 is 1.37 bits per heavy atom. The monoisotopic (exact) mass is 428 g/mol. The third kappa shape index (κ3) is 4.52. The third-order valence-corrected chi connectivity index (χ3v) is 6.65. The zero-order valence-electron chi connectivity index (χ0n) is 17.5. The second-order valence-corrected chi connectivity index (χ2v) is 9.05. The molecule has 2 atom stereocenters. The molecule has 30 heavy (non-hydrogen) atoms. The number of rotatable bonds is 7. The number of carbonyl (C=O) groups is 2. The van der Waals surface area contributed by atoms with Crippen molar-refractivity contribution in [3.8, 4) is 5.75 Å². The Morgan fingerprint density at radius 3 is 2.93 bits per heavy atom. The molecule has 2 saturated heterocycles. The molecule has 0 saturated carbocycles. The minimum atomic E-state index is -0.357. The standard InChI is InChI=1S/C23H28N2O4S/c1-16-7-8-21(28-2)20(11-16)25-13-17(12-22(25)26)23(27)24(14-18-5-3-9-29-18)15-19-6-4-10-30-19/h4,6-8,10-11,17-18H,3,5,9,12-15H2,1-2H3. The summed E-state index contributed by atoms with van der Waals surface area (Å²) >= 11 is 1.65. The van der Waals surface area contributed by atoms with Crippen LogP contribution in [-0.2, 0) is 20.9 Å². The molecule has 3 heterocycles. The SMILES string of the molecule is COc1ccc(C)cc1N1CC(C(=O)N(Cc2cccs2)CC2CCCO2)CC1=O. The maximum atomic E-state index is 13.5. The van der Waals surface area contributed by atoms with Gasteiger partial charge in [-0.05, 0) is 48.9 Å². The van der Waals surface area contributed by atoms with Crippen LogP contribution in [0.1, 0.15) is 29.7 Å². The summed E-state index contributed by atoms with van der Waals surface area (Å²) in [5, 5.41) is 2.02. The third-order valence-electron chi connectivity index (χ3n) is 5.79. The Bertz CT molecular complexity index is 893. The number of hydrogen-bond donors (Lipinski definition) is 0. The van der Waals surface area contributed by atoms with Crippen molar-refractivity contribution in [2.75, 3.05) is 31.7 Å². The number of anilines is 1. The second-order valence-electron chi connectivity index (χ2n) is 8.01. The van der Waals surface area contributed by atoms with Crippen molar-refractivity contribution < 1.29 is 19.1 Å². The molecule has 0 N–H and O–H groups in total.